The van der Waals surface area contributed by atoms with Gasteiger partial charge in [-0.25, -0.2) is 0 Å². The predicted molar refractivity (Wildman–Crippen MR) is 71.5 cm³/mol. The Morgan fingerprint density at radius 3 is 2.61 bits per heavy atom. The summed E-state index contributed by atoms with van der Waals surface area (Å²) in [6, 6.07) is 12.2. The van der Waals surface area contributed by atoms with Gasteiger partial charge in [-0.05, 0) is 31.2 Å². The zero-order chi connectivity index (χ0) is 12.2. The Kier molecular flexibility index (Phi) is 3.31. The molecule has 1 aliphatic rings. The molecule has 0 amide bonds. The second-order valence-electron chi connectivity index (χ2n) is 4.86. The standard InChI is InChI=1S/C15H18N2O/c1-3-7-12(8-4-1)14-11-15(17-16-14)18-13-9-5-2-6-10-13/h1,3-4,7-8,11,13H,2,5-6,9-10H2,(H,16,17). The zero-order valence-electron chi connectivity index (χ0n) is 10.4. The molecule has 3 rings (SSSR count). The number of benzene rings is 1. The molecule has 1 aromatic carbocycles. The summed E-state index contributed by atoms with van der Waals surface area (Å²) >= 11 is 0. The summed E-state index contributed by atoms with van der Waals surface area (Å²) in [4.78, 5) is 0. The minimum atomic E-state index is 0.352. The molecule has 1 aromatic heterocycles. The van der Waals surface area contributed by atoms with Crippen molar-refractivity contribution in [2.75, 3.05) is 0 Å². The van der Waals surface area contributed by atoms with Crippen LogP contribution in [-0.4, -0.2) is 16.3 Å². The van der Waals surface area contributed by atoms with Gasteiger partial charge in [0.25, 0.3) is 0 Å². The van der Waals surface area contributed by atoms with Crippen LogP contribution in [0.5, 0.6) is 5.88 Å². The lowest BCUT2D eigenvalue weighted by molar-refractivity contribution is 0.148. The summed E-state index contributed by atoms with van der Waals surface area (Å²) in [5.41, 5.74) is 2.16. The molecule has 18 heavy (non-hydrogen) atoms. The van der Waals surface area contributed by atoms with Crippen LogP contribution in [0.25, 0.3) is 11.3 Å². The highest BCUT2D eigenvalue weighted by Gasteiger charge is 2.16. The topological polar surface area (TPSA) is 37.9 Å². The third-order valence-corrected chi connectivity index (χ3v) is 3.48. The van der Waals surface area contributed by atoms with Crippen LogP contribution in [-0.2, 0) is 0 Å². The normalized spacial score (nSPS) is 16.7. The Bertz CT molecular complexity index is 486. The number of H-pyrrole nitrogens is 1. The van der Waals surface area contributed by atoms with Crippen molar-refractivity contribution in [3.05, 3.63) is 36.4 Å². The second-order valence-corrected chi connectivity index (χ2v) is 4.86. The van der Waals surface area contributed by atoms with Crippen LogP contribution in [0, 0.1) is 0 Å². The van der Waals surface area contributed by atoms with E-state index >= 15 is 0 Å². The van der Waals surface area contributed by atoms with Gasteiger partial charge in [-0.1, -0.05) is 36.8 Å². The zero-order valence-corrected chi connectivity index (χ0v) is 10.4. The number of aromatic amines is 1. The first kappa shape index (κ1) is 11.3. The second kappa shape index (κ2) is 5.25. The van der Waals surface area contributed by atoms with E-state index in [1.54, 1.807) is 0 Å². The molecule has 2 aromatic rings. The quantitative estimate of drug-likeness (QED) is 0.889. The van der Waals surface area contributed by atoms with E-state index in [0.717, 1.165) is 30.0 Å². The van der Waals surface area contributed by atoms with Gasteiger partial charge in [-0.15, -0.1) is 5.10 Å². The fraction of sp³-hybridized carbons (Fsp3) is 0.400. The van der Waals surface area contributed by atoms with Crippen molar-refractivity contribution in [2.24, 2.45) is 0 Å². The van der Waals surface area contributed by atoms with E-state index in [-0.39, 0.29) is 0 Å². The molecule has 0 spiro atoms. The highest BCUT2D eigenvalue weighted by Crippen LogP contribution is 2.25. The number of aromatic nitrogens is 2. The molecule has 0 radical (unpaired) electrons. The van der Waals surface area contributed by atoms with Gasteiger partial charge in [0, 0.05) is 6.07 Å². The molecule has 0 atom stereocenters. The van der Waals surface area contributed by atoms with E-state index in [2.05, 4.69) is 22.3 Å². The van der Waals surface area contributed by atoms with Gasteiger partial charge < -0.3 is 4.74 Å². The SMILES string of the molecule is c1ccc(-c2cc(OC3CCCCC3)n[nH]2)cc1. The Balaban J connectivity index is 1.69. The molecule has 1 fully saturated rings. The van der Waals surface area contributed by atoms with Crippen molar-refractivity contribution >= 4 is 0 Å². The van der Waals surface area contributed by atoms with E-state index in [9.17, 15) is 0 Å². The molecule has 0 saturated heterocycles. The maximum absolute atomic E-state index is 5.92. The number of nitrogens with zero attached hydrogens (tertiary/aromatic N) is 1. The van der Waals surface area contributed by atoms with Gasteiger partial charge in [0.15, 0.2) is 0 Å². The van der Waals surface area contributed by atoms with Crippen molar-refractivity contribution in [1.82, 2.24) is 10.2 Å². The Hall–Kier alpha value is -1.77. The summed E-state index contributed by atoms with van der Waals surface area (Å²) in [6.45, 7) is 0. The molecule has 1 N–H and O–H groups in total. The van der Waals surface area contributed by atoms with E-state index in [1.807, 2.05) is 24.3 Å². The lowest BCUT2D eigenvalue weighted by Gasteiger charge is -2.21. The van der Waals surface area contributed by atoms with E-state index in [0.29, 0.717) is 6.10 Å². The average Bonchev–Trinajstić information content (AvgIpc) is 2.89. The van der Waals surface area contributed by atoms with E-state index in [1.165, 1.54) is 19.3 Å². The molecule has 1 saturated carbocycles. The van der Waals surface area contributed by atoms with Crippen molar-refractivity contribution in [2.45, 2.75) is 38.2 Å². The van der Waals surface area contributed by atoms with Crippen LogP contribution >= 0.6 is 0 Å². The third kappa shape index (κ3) is 2.55. The molecule has 3 heteroatoms. The lowest BCUT2D eigenvalue weighted by atomic mass is 9.98. The van der Waals surface area contributed by atoms with Gasteiger partial charge in [-0.2, -0.15) is 0 Å². The summed E-state index contributed by atoms with van der Waals surface area (Å²) in [6.07, 6.45) is 6.57. The van der Waals surface area contributed by atoms with Crippen LogP contribution in [0.2, 0.25) is 0 Å². The summed E-state index contributed by atoms with van der Waals surface area (Å²) in [5, 5.41) is 7.28. The van der Waals surface area contributed by atoms with Gasteiger partial charge in [0.2, 0.25) is 5.88 Å². The summed E-state index contributed by atoms with van der Waals surface area (Å²) < 4.78 is 5.92. The van der Waals surface area contributed by atoms with Crippen LogP contribution in [0.3, 0.4) is 0 Å². The van der Waals surface area contributed by atoms with Crippen LogP contribution < -0.4 is 4.74 Å². The fourth-order valence-electron chi connectivity index (χ4n) is 2.48. The number of hydrogen-bond donors (Lipinski definition) is 1. The Morgan fingerprint density at radius 1 is 1.06 bits per heavy atom. The fourth-order valence-corrected chi connectivity index (χ4v) is 2.48. The van der Waals surface area contributed by atoms with Gasteiger partial charge in [0.1, 0.15) is 6.10 Å². The maximum Gasteiger partial charge on any atom is 0.233 e. The molecule has 0 bridgehead atoms. The highest BCUT2D eigenvalue weighted by atomic mass is 16.5. The molecule has 1 aliphatic carbocycles. The first-order chi connectivity index (χ1) is 8.92. The smallest absolute Gasteiger partial charge is 0.233 e. The van der Waals surface area contributed by atoms with Crippen LogP contribution in [0.15, 0.2) is 36.4 Å². The average molecular weight is 242 g/mol. The lowest BCUT2D eigenvalue weighted by Crippen LogP contribution is -2.19. The first-order valence-electron chi connectivity index (χ1n) is 6.69. The molecule has 94 valence electrons. The minimum Gasteiger partial charge on any atom is -0.473 e. The van der Waals surface area contributed by atoms with Crippen molar-refractivity contribution < 1.29 is 4.74 Å². The molecular weight excluding hydrogens is 224 g/mol. The van der Waals surface area contributed by atoms with Crippen molar-refractivity contribution in [1.29, 1.82) is 0 Å². The first-order valence-corrected chi connectivity index (χ1v) is 6.69. The van der Waals surface area contributed by atoms with Crippen molar-refractivity contribution in [3.63, 3.8) is 0 Å². The molecule has 3 nitrogen and oxygen atoms in total. The molecule has 0 aliphatic heterocycles. The molecular formula is C15H18N2O. The summed E-state index contributed by atoms with van der Waals surface area (Å²) in [7, 11) is 0. The van der Waals surface area contributed by atoms with Gasteiger partial charge in [-0.3, -0.25) is 5.10 Å². The van der Waals surface area contributed by atoms with Gasteiger partial charge >= 0.3 is 0 Å². The van der Waals surface area contributed by atoms with Crippen LogP contribution in [0.1, 0.15) is 32.1 Å². The van der Waals surface area contributed by atoms with Crippen LogP contribution in [0.4, 0.5) is 0 Å². The minimum absolute atomic E-state index is 0.352. The third-order valence-electron chi connectivity index (χ3n) is 3.48. The van der Waals surface area contributed by atoms with Gasteiger partial charge in [0.05, 0.1) is 5.69 Å². The van der Waals surface area contributed by atoms with Crippen molar-refractivity contribution in [3.8, 4) is 17.1 Å². The monoisotopic (exact) mass is 242 g/mol. The number of ether oxygens (including phenoxy) is 1. The number of nitrogens with one attached hydrogen (secondary N) is 1. The highest BCUT2D eigenvalue weighted by molar-refractivity contribution is 5.59. The van der Waals surface area contributed by atoms with E-state index in [4.69, 9.17) is 4.74 Å². The largest absolute Gasteiger partial charge is 0.473 e. The summed E-state index contributed by atoms with van der Waals surface area (Å²) in [5.74, 6) is 0.723. The maximum atomic E-state index is 5.92. The predicted octanol–water partition coefficient (Wildman–Crippen LogP) is 3.79. The van der Waals surface area contributed by atoms with E-state index < -0.39 is 0 Å². The molecule has 1 heterocycles. The Morgan fingerprint density at radius 2 is 1.83 bits per heavy atom. The molecule has 0 unspecified atom stereocenters. The number of hydrogen-bond acceptors (Lipinski definition) is 2. The Labute approximate surface area is 107 Å². The number of rotatable bonds is 3.